The van der Waals surface area contributed by atoms with E-state index in [-0.39, 0.29) is 5.91 Å². The Kier molecular flexibility index (Phi) is 4.82. The maximum absolute atomic E-state index is 12.0. The minimum atomic E-state index is -0.0886. The molecule has 0 bridgehead atoms. The molecule has 0 radical (unpaired) electrons. The number of ether oxygens (including phenoxy) is 1. The van der Waals surface area contributed by atoms with Gasteiger partial charge in [0, 0.05) is 17.3 Å². The summed E-state index contributed by atoms with van der Waals surface area (Å²) in [6.45, 7) is 4.87. The Morgan fingerprint density at radius 3 is 2.67 bits per heavy atom. The molecule has 2 rings (SSSR count). The van der Waals surface area contributed by atoms with Crippen molar-refractivity contribution in [3.63, 3.8) is 0 Å². The van der Waals surface area contributed by atoms with Crippen LogP contribution in [-0.2, 0) is 0 Å². The Bertz CT molecular complexity index is 638. The molecule has 0 atom stereocenters. The molecule has 0 aromatic heterocycles. The topological polar surface area (TPSA) is 64.3 Å². The fourth-order valence-corrected chi connectivity index (χ4v) is 1.92. The quantitative estimate of drug-likeness (QED) is 0.655. The Hall–Kier alpha value is -2.49. The van der Waals surface area contributed by atoms with Gasteiger partial charge in [0.1, 0.15) is 12.4 Å². The van der Waals surface area contributed by atoms with Gasteiger partial charge in [-0.2, -0.15) is 0 Å². The summed E-state index contributed by atoms with van der Waals surface area (Å²) in [4.78, 5) is 12.0. The summed E-state index contributed by atoms with van der Waals surface area (Å²) in [6.07, 6.45) is 0. The number of carbonyl (C=O) groups is 1. The number of anilines is 1. The van der Waals surface area contributed by atoms with Gasteiger partial charge in [-0.1, -0.05) is 12.1 Å². The highest BCUT2D eigenvalue weighted by atomic mass is 16.5. The summed E-state index contributed by atoms with van der Waals surface area (Å²) < 4.78 is 5.52. The maximum Gasteiger partial charge on any atom is 0.251 e. The van der Waals surface area contributed by atoms with Crippen molar-refractivity contribution in [1.29, 1.82) is 0 Å². The Morgan fingerprint density at radius 2 is 1.95 bits per heavy atom. The fraction of sp³-hybridized carbons (Fsp3) is 0.235. The van der Waals surface area contributed by atoms with Crippen LogP contribution < -0.4 is 15.8 Å². The van der Waals surface area contributed by atoms with E-state index in [0.29, 0.717) is 30.2 Å². The lowest BCUT2D eigenvalue weighted by atomic mass is 10.1. The second-order valence-electron chi connectivity index (χ2n) is 4.98. The molecule has 3 N–H and O–H groups in total. The van der Waals surface area contributed by atoms with E-state index in [4.69, 9.17) is 10.5 Å². The largest absolute Gasteiger partial charge is 0.492 e. The summed E-state index contributed by atoms with van der Waals surface area (Å²) >= 11 is 0. The van der Waals surface area contributed by atoms with Gasteiger partial charge in [0.25, 0.3) is 5.91 Å². The van der Waals surface area contributed by atoms with E-state index in [0.717, 1.165) is 5.56 Å². The molecule has 1 amide bonds. The highest BCUT2D eigenvalue weighted by Gasteiger charge is 2.05. The lowest BCUT2D eigenvalue weighted by Gasteiger charge is -2.09. The van der Waals surface area contributed by atoms with Crippen LogP contribution in [0.4, 0.5) is 5.69 Å². The van der Waals surface area contributed by atoms with Crippen LogP contribution in [0.5, 0.6) is 5.75 Å². The normalized spacial score (nSPS) is 10.2. The van der Waals surface area contributed by atoms with Crippen LogP contribution in [0.1, 0.15) is 21.5 Å². The van der Waals surface area contributed by atoms with Crippen molar-refractivity contribution < 1.29 is 9.53 Å². The van der Waals surface area contributed by atoms with Gasteiger partial charge >= 0.3 is 0 Å². The number of nitrogen functional groups attached to an aromatic ring is 1. The van der Waals surface area contributed by atoms with Crippen LogP contribution in [0, 0.1) is 13.8 Å². The third-order valence-electron chi connectivity index (χ3n) is 3.28. The summed E-state index contributed by atoms with van der Waals surface area (Å²) in [5, 5.41) is 2.84. The van der Waals surface area contributed by atoms with Crippen molar-refractivity contribution in [1.82, 2.24) is 5.32 Å². The molecule has 0 aliphatic rings. The lowest BCUT2D eigenvalue weighted by molar-refractivity contribution is 0.0947. The second-order valence-corrected chi connectivity index (χ2v) is 4.98. The number of carbonyl (C=O) groups excluding carboxylic acids is 1. The van der Waals surface area contributed by atoms with Gasteiger partial charge in [-0.3, -0.25) is 4.79 Å². The van der Waals surface area contributed by atoms with E-state index in [2.05, 4.69) is 5.32 Å². The van der Waals surface area contributed by atoms with Crippen LogP contribution in [0.15, 0.2) is 42.5 Å². The predicted molar refractivity (Wildman–Crippen MR) is 84.6 cm³/mol. The molecule has 0 heterocycles. The zero-order valence-corrected chi connectivity index (χ0v) is 12.3. The lowest BCUT2D eigenvalue weighted by Crippen LogP contribution is -2.28. The number of hydrogen-bond acceptors (Lipinski definition) is 3. The molecule has 0 aliphatic heterocycles. The molecule has 4 heteroatoms. The first-order valence-electron chi connectivity index (χ1n) is 6.90. The number of hydrogen-bond donors (Lipinski definition) is 2. The highest BCUT2D eigenvalue weighted by Crippen LogP contribution is 2.14. The molecule has 4 nitrogen and oxygen atoms in total. The predicted octanol–water partition coefficient (Wildman–Crippen LogP) is 2.69. The van der Waals surface area contributed by atoms with Gasteiger partial charge in [0.15, 0.2) is 0 Å². The van der Waals surface area contributed by atoms with Crippen molar-refractivity contribution in [3.05, 3.63) is 59.2 Å². The Balaban J connectivity index is 1.80. The molecule has 0 unspecified atom stereocenters. The summed E-state index contributed by atoms with van der Waals surface area (Å²) in [5.41, 5.74) is 9.28. The van der Waals surface area contributed by atoms with Crippen LogP contribution in [-0.4, -0.2) is 19.1 Å². The average Bonchev–Trinajstić information content (AvgIpc) is 2.46. The van der Waals surface area contributed by atoms with Crippen LogP contribution >= 0.6 is 0 Å². The van der Waals surface area contributed by atoms with E-state index in [9.17, 15) is 4.79 Å². The van der Waals surface area contributed by atoms with E-state index in [1.165, 1.54) is 5.56 Å². The van der Waals surface area contributed by atoms with E-state index < -0.39 is 0 Å². The number of amides is 1. The molecule has 0 aliphatic carbocycles. The molecule has 0 saturated heterocycles. The van der Waals surface area contributed by atoms with Crippen molar-refractivity contribution in [3.8, 4) is 5.75 Å². The summed E-state index contributed by atoms with van der Waals surface area (Å²) in [5.74, 6) is 0.615. The molecule has 0 saturated carbocycles. The zero-order valence-electron chi connectivity index (χ0n) is 12.3. The van der Waals surface area contributed by atoms with Gasteiger partial charge in [-0.25, -0.2) is 0 Å². The highest BCUT2D eigenvalue weighted by molar-refractivity contribution is 5.94. The first kappa shape index (κ1) is 14.9. The molecular weight excluding hydrogens is 264 g/mol. The standard InChI is InChI=1S/C17H20N2O2/c1-12-6-7-14(10-13(12)2)17(20)19-8-9-21-16-5-3-4-15(18)11-16/h3-7,10-11H,8-9,18H2,1-2H3,(H,19,20). The molecule has 21 heavy (non-hydrogen) atoms. The Labute approximate surface area is 124 Å². The zero-order chi connectivity index (χ0) is 15.2. The van der Waals surface area contributed by atoms with E-state index in [1.54, 1.807) is 12.1 Å². The van der Waals surface area contributed by atoms with Crippen molar-refractivity contribution in [2.24, 2.45) is 0 Å². The second kappa shape index (κ2) is 6.79. The Morgan fingerprint density at radius 1 is 1.14 bits per heavy atom. The van der Waals surface area contributed by atoms with Crippen LogP contribution in [0.2, 0.25) is 0 Å². The fourth-order valence-electron chi connectivity index (χ4n) is 1.92. The molecule has 2 aromatic carbocycles. The van der Waals surface area contributed by atoms with E-state index >= 15 is 0 Å². The first-order valence-corrected chi connectivity index (χ1v) is 6.90. The summed E-state index contributed by atoms with van der Waals surface area (Å²) in [7, 11) is 0. The average molecular weight is 284 g/mol. The minimum absolute atomic E-state index is 0.0886. The van der Waals surface area contributed by atoms with Gasteiger partial charge < -0.3 is 15.8 Å². The van der Waals surface area contributed by atoms with Gasteiger partial charge in [0.2, 0.25) is 0 Å². The van der Waals surface area contributed by atoms with Crippen molar-refractivity contribution in [2.75, 3.05) is 18.9 Å². The maximum atomic E-state index is 12.0. The number of nitrogens with one attached hydrogen (secondary N) is 1. The third kappa shape index (κ3) is 4.24. The molecule has 110 valence electrons. The number of rotatable bonds is 5. The SMILES string of the molecule is Cc1ccc(C(=O)NCCOc2cccc(N)c2)cc1C. The van der Waals surface area contributed by atoms with Gasteiger partial charge in [0.05, 0.1) is 6.54 Å². The van der Waals surface area contributed by atoms with E-state index in [1.807, 2.05) is 44.2 Å². The first-order chi connectivity index (χ1) is 10.1. The number of aryl methyl sites for hydroxylation is 2. The number of nitrogens with two attached hydrogens (primary N) is 1. The van der Waals surface area contributed by atoms with Crippen molar-refractivity contribution in [2.45, 2.75) is 13.8 Å². The molecule has 0 fully saturated rings. The summed E-state index contributed by atoms with van der Waals surface area (Å²) in [6, 6.07) is 12.9. The van der Waals surface area contributed by atoms with Crippen LogP contribution in [0.3, 0.4) is 0 Å². The van der Waals surface area contributed by atoms with Crippen LogP contribution in [0.25, 0.3) is 0 Å². The van der Waals surface area contributed by atoms with Gasteiger partial charge in [-0.15, -0.1) is 0 Å². The monoisotopic (exact) mass is 284 g/mol. The molecule has 0 spiro atoms. The number of benzene rings is 2. The minimum Gasteiger partial charge on any atom is -0.492 e. The smallest absolute Gasteiger partial charge is 0.251 e. The third-order valence-corrected chi connectivity index (χ3v) is 3.28. The molecule has 2 aromatic rings. The molecular formula is C17H20N2O2. The van der Waals surface area contributed by atoms with Gasteiger partial charge in [-0.05, 0) is 49.2 Å². The van der Waals surface area contributed by atoms with Crippen molar-refractivity contribution >= 4 is 11.6 Å².